The van der Waals surface area contributed by atoms with Gasteiger partial charge in [-0.15, -0.1) is 5.26 Å². The van der Waals surface area contributed by atoms with E-state index in [1.54, 1.807) is 0 Å². The van der Waals surface area contributed by atoms with Crippen LogP contribution in [-0.4, -0.2) is 4.55 Å². The van der Waals surface area contributed by atoms with Crippen LogP contribution < -0.4 is 0 Å². The number of halogens is 1. The van der Waals surface area contributed by atoms with Gasteiger partial charge >= 0.3 is 6.26 Å². The van der Waals surface area contributed by atoms with Crippen molar-refractivity contribution in [1.82, 2.24) is 0 Å². The average Bonchev–Trinajstić information content (AvgIpc) is 1.67. The van der Waals surface area contributed by atoms with Crippen molar-refractivity contribution in [3.8, 4) is 11.7 Å². The van der Waals surface area contributed by atoms with E-state index in [-0.39, 0.29) is 0 Å². The molecule has 1 atom stereocenters. The largest absolute Gasteiger partial charge is 0.313 e. The molecule has 0 amide bonds. The molecule has 6 heteroatoms. The highest BCUT2D eigenvalue weighted by Crippen LogP contribution is 2.44. The van der Waals surface area contributed by atoms with Crippen LogP contribution in [0.2, 0.25) is 0 Å². The fourth-order valence-corrected chi connectivity index (χ4v) is 0.204. The van der Waals surface area contributed by atoms with E-state index in [1.165, 1.54) is 0 Å². The lowest BCUT2D eigenvalue weighted by Crippen LogP contribution is -1.86. The predicted molar refractivity (Wildman–Crippen MR) is 23.6 cm³/mol. The van der Waals surface area contributed by atoms with E-state index in [4.69, 9.17) is 15.1 Å². The van der Waals surface area contributed by atoms with Crippen LogP contribution in [0.25, 0.3) is 0 Å². The van der Waals surface area contributed by atoms with Crippen molar-refractivity contribution in [2.75, 3.05) is 0 Å². The second-order valence-corrected chi connectivity index (χ2v) is 1.99. The first-order valence-corrected chi connectivity index (χ1v) is 2.77. The fraction of sp³-hybridized carbons (Fsp3) is 0. The maximum atomic E-state index is 11.7. The zero-order valence-corrected chi connectivity index (χ0v) is 4.35. The molecule has 0 rings (SSSR count). The molecule has 1 N–H and O–H groups in total. The van der Waals surface area contributed by atoms with Gasteiger partial charge in [0, 0.05) is 0 Å². The lowest BCUT2D eigenvalue weighted by Gasteiger charge is -2.10. The van der Waals surface area contributed by atoms with Crippen molar-refractivity contribution in [2.24, 2.45) is 0 Å². The van der Waals surface area contributed by atoms with Crippen LogP contribution in [0.15, 0.2) is 0 Å². The summed E-state index contributed by atoms with van der Waals surface area (Å²) in [5.41, 5.74) is 0. The molecule has 0 radical (unpaired) electrons. The van der Waals surface area contributed by atoms with Gasteiger partial charge in [0.05, 0.1) is 0 Å². The molecular formula is C2HFN2O2S. The second kappa shape index (κ2) is 2.36. The first-order chi connectivity index (χ1) is 3.62. The van der Waals surface area contributed by atoms with Gasteiger partial charge in [-0.25, -0.2) is 0 Å². The molecule has 0 aromatic rings. The minimum Gasteiger partial charge on any atom is -0.269 e. The summed E-state index contributed by atoms with van der Waals surface area (Å²) in [6.07, 6.45) is 0.848. The van der Waals surface area contributed by atoms with E-state index < -0.39 is 11.0 Å². The standard InChI is InChI=1S/C2HFN2O2S/c3-8(6,2-5)7-1-4/h6H. The highest BCUT2D eigenvalue weighted by atomic mass is 32.3. The Morgan fingerprint density at radius 3 is 2.25 bits per heavy atom. The summed E-state index contributed by atoms with van der Waals surface area (Å²) in [6, 6.07) is 0. The monoisotopic (exact) mass is 136 g/mol. The molecule has 0 saturated carbocycles. The third-order valence-electron chi connectivity index (χ3n) is 0.260. The average molecular weight is 136 g/mol. The summed E-state index contributed by atoms with van der Waals surface area (Å²) in [7, 11) is -4.23. The number of hydrogen-bond donors (Lipinski definition) is 1. The molecule has 0 aliphatic rings. The van der Waals surface area contributed by atoms with Gasteiger partial charge in [0.15, 0.2) is 0 Å². The van der Waals surface area contributed by atoms with Gasteiger partial charge in [-0.1, -0.05) is 3.89 Å². The van der Waals surface area contributed by atoms with Crippen LogP contribution in [0.4, 0.5) is 3.89 Å². The predicted octanol–water partition coefficient (Wildman–Crippen LogP) is 1.04. The quantitative estimate of drug-likeness (QED) is 0.546. The summed E-state index contributed by atoms with van der Waals surface area (Å²) in [6.45, 7) is 0. The van der Waals surface area contributed by atoms with Gasteiger partial charge in [0.2, 0.25) is 5.40 Å². The molecule has 0 bridgehead atoms. The molecule has 1 unspecified atom stereocenters. The number of nitriles is 2. The van der Waals surface area contributed by atoms with Crippen molar-refractivity contribution in [2.45, 2.75) is 0 Å². The Morgan fingerprint density at radius 2 is 2.12 bits per heavy atom. The summed E-state index contributed by atoms with van der Waals surface area (Å²) in [5.74, 6) is 0. The zero-order valence-electron chi connectivity index (χ0n) is 3.54. The number of hydrogen-bond acceptors (Lipinski definition) is 4. The van der Waals surface area contributed by atoms with Gasteiger partial charge in [0.25, 0.3) is 0 Å². The van der Waals surface area contributed by atoms with Crippen LogP contribution >= 0.6 is 11.0 Å². The first kappa shape index (κ1) is 7.02. The SMILES string of the molecule is N#COS(O)(F)C#N. The Kier molecular flexibility index (Phi) is 2.07. The third kappa shape index (κ3) is 2.24. The van der Waals surface area contributed by atoms with E-state index >= 15 is 0 Å². The molecular weight excluding hydrogens is 135 g/mol. The highest BCUT2D eigenvalue weighted by molar-refractivity contribution is 8.24. The number of thiocyanates is 1. The van der Waals surface area contributed by atoms with E-state index in [0.29, 0.717) is 0 Å². The van der Waals surface area contributed by atoms with Crippen LogP contribution in [0.5, 0.6) is 0 Å². The van der Waals surface area contributed by atoms with Crippen molar-refractivity contribution in [1.29, 1.82) is 10.5 Å². The Labute approximate surface area is 46.7 Å². The van der Waals surface area contributed by atoms with Gasteiger partial charge < -0.3 is 0 Å². The van der Waals surface area contributed by atoms with Crippen molar-refractivity contribution in [3.05, 3.63) is 0 Å². The molecule has 0 aromatic carbocycles. The van der Waals surface area contributed by atoms with E-state index in [9.17, 15) is 3.89 Å². The smallest absolute Gasteiger partial charge is 0.269 e. The minimum absolute atomic E-state index is 0.770. The maximum Gasteiger partial charge on any atom is 0.313 e. The molecule has 4 nitrogen and oxygen atoms in total. The summed E-state index contributed by atoms with van der Waals surface area (Å²) >= 11 is 0. The Hall–Kier alpha value is -0.980. The third-order valence-corrected chi connectivity index (χ3v) is 0.781. The van der Waals surface area contributed by atoms with Gasteiger partial charge in [-0.3, -0.25) is 8.74 Å². The first-order valence-electron chi connectivity index (χ1n) is 1.36. The van der Waals surface area contributed by atoms with Gasteiger partial charge in [0.1, 0.15) is 11.0 Å². The Bertz CT molecular complexity index is 156. The van der Waals surface area contributed by atoms with Crippen molar-refractivity contribution < 1.29 is 12.6 Å². The molecule has 0 fully saturated rings. The summed E-state index contributed by atoms with van der Waals surface area (Å²) in [5, 5.41) is 15.9. The van der Waals surface area contributed by atoms with E-state index in [1.807, 2.05) is 0 Å². The van der Waals surface area contributed by atoms with Crippen molar-refractivity contribution >= 4 is 11.0 Å². The topological polar surface area (TPSA) is 77.0 Å². The molecule has 0 aliphatic heterocycles. The van der Waals surface area contributed by atoms with Crippen LogP contribution in [-0.2, 0) is 4.18 Å². The van der Waals surface area contributed by atoms with Gasteiger partial charge in [-0.05, 0) is 0 Å². The minimum atomic E-state index is -4.23. The van der Waals surface area contributed by atoms with E-state index in [0.717, 1.165) is 11.7 Å². The lowest BCUT2D eigenvalue weighted by molar-refractivity contribution is 0.427. The van der Waals surface area contributed by atoms with E-state index in [2.05, 4.69) is 4.18 Å². The second-order valence-electron chi connectivity index (χ2n) is 0.724. The molecule has 8 heavy (non-hydrogen) atoms. The number of rotatable bonds is 1. The lowest BCUT2D eigenvalue weighted by atomic mass is 11.6. The molecule has 44 valence electrons. The molecule has 0 aromatic heterocycles. The van der Waals surface area contributed by atoms with Crippen LogP contribution in [0.3, 0.4) is 0 Å². The number of nitrogens with zero attached hydrogens (tertiary/aromatic N) is 2. The normalized spacial score (nSPS) is 19.0. The fourth-order valence-electron chi connectivity index (χ4n) is 0.0680. The highest BCUT2D eigenvalue weighted by Gasteiger charge is 2.12. The summed E-state index contributed by atoms with van der Waals surface area (Å²) in [4.78, 5) is 0. The van der Waals surface area contributed by atoms with Crippen molar-refractivity contribution in [3.63, 3.8) is 0 Å². The molecule has 0 spiro atoms. The Morgan fingerprint density at radius 1 is 1.62 bits per heavy atom. The molecule has 0 heterocycles. The summed E-state index contributed by atoms with van der Waals surface area (Å²) < 4.78 is 22.9. The van der Waals surface area contributed by atoms with Crippen LogP contribution in [0.1, 0.15) is 0 Å². The zero-order chi connectivity index (χ0) is 6.62. The maximum absolute atomic E-state index is 11.7. The molecule has 0 aliphatic carbocycles. The Balaban J connectivity index is 3.82. The van der Waals surface area contributed by atoms with Gasteiger partial charge in [-0.2, -0.15) is 5.26 Å². The van der Waals surface area contributed by atoms with Crippen LogP contribution in [0, 0.1) is 22.2 Å². The molecule has 0 saturated heterocycles.